The third-order valence-electron chi connectivity index (χ3n) is 8.82. The Bertz CT molecular complexity index is 1620. The minimum absolute atomic E-state index is 0.0290. The summed E-state index contributed by atoms with van der Waals surface area (Å²) in [7, 11) is 0. The topological polar surface area (TPSA) is 74.0 Å². The van der Waals surface area contributed by atoms with Crippen molar-refractivity contribution in [1.82, 2.24) is 19.5 Å². The molecular formula is C31H31F2N5O2. The molecule has 0 radical (unpaired) electrons. The van der Waals surface area contributed by atoms with Crippen LogP contribution in [-0.4, -0.2) is 56.2 Å². The van der Waals surface area contributed by atoms with Crippen molar-refractivity contribution in [3.63, 3.8) is 0 Å². The molecule has 7 rings (SSSR count). The van der Waals surface area contributed by atoms with E-state index in [2.05, 4.69) is 4.98 Å². The van der Waals surface area contributed by atoms with Crippen LogP contribution in [0.5, 0.6) is 0 Å². The number of alkyl halides is 1. The van der Waals surface area contributed by atoms with Crippen LogP contribution < -0.4 is 4.90 Å². The predicted molar refractivity (Wildman–Crippen MR) is 148 cm³/mol. The van der Waals surface area contributed by atoms with Gasteiger partial charge in [-0.05, 0) is 61.6 Å². The lowest BCUT2D eigenvalue weighted by atomic mass is 9.82. The lowest BCUT2D eigenvalue weighted by molar-refractivity contribution is 0.0584. The molecule has 2 aliphatic heterocycles. The number of anilines is 1. The van der Waals surface area contributed by atoms with E-state index in [9.17, 15) is 9.90 Å². The summed E-state index contributed by atoms with van der Waals surface area (Å²) in [6.07, 6.45) is 2.06. The largest absolute Gasteiger partial charge is 0.391 e. The maximum absolute atomic E-state index is 15.3. The molecule has 0 spiro atoms. The van der Waals surface area contributed by atoms with Gasteiger partial charge in [0.15, 0.2) is 5.65 Å². The van der Waals surface area contributed by atoms with Crippen molar-refractivity contribution in [2.75, 3.05) is 24.5 Å². The predicted octanol–water partition coefficient (Wildman–Crippen LogP) is 5.60. The van der Waals surface area contributed by atoms with Crippen LogP contribution in [0.2, 0.25) is 0 Å². The summed E-state index contributed by atoms with van der Waals surface area (Å²) in [5, 5.41) is 14.6. The van der Waals surface area contributed by atoms with Gasteiger partial charge in [-0.15, -0.1) is 0 Å². The molecule has 1 N–H and O–H groups in total. The quantitative estimate of drug-likeness (QED) is 0.363. The standard InChI is InChI=1S/C31H31F2N5O2/c1-18-22-7-2-3-8-23(22)26(33)17-37(18)31(40)28-14-29(19-5-4-6-19)38-30(34-28)15-27(35-38)24-10-9-20(13-25(24)32)36-12-11-21(39)16-36/h2-3,7-10,13-15,18-19,21,26,39H,4-6,11-12,16-17H2,1H3. The van der Waals surface area contributed by atoms with Gasteiger partial charge in [0.1, 0.15) is 17.7 Å². The van der Waals surface area contributed by atoms with E-state index in [4.69, 9.17) is 5.10 Å². The fourth-order valence-corrected chi connectivity index (χ4v) is 6.30. The third-order valence-corrected chi connectivity index (χ3v) is 8.82. The number of carbonyl (C=O) groups is 1. The highest BCUT2D eigenvalue weighted by Crippen LogP contribution is 2.39. The smallest absolute Gasteiger partial charge is 0.273 e. The monoisotopic (exact) mass is 543 g/mol. The average Bonchev–Trinajstić information content (AvgIpc) is 3.55. The fourth-order valence-electron chi connectivity index (χ4n) is 6.30. The second kappa shape index (κ2) is 9.66. The van der Waals surface area contributed by atoms with E-state index in [0.717, 1.165) is 36.2 Å². The van der Waals surface area contributed by atoms with Crippen LogP contribution >= 0.6 is 0 Å². The van der Waals surface area contributed by atoms with Gasteiger partial charge in [0.25, 0.3) is 5.91 Å². The summed E-state index contributed by atoms with van der Waals surface area (Å²) in [5.74, 6) is -0.496. The van der Waals surface area contributed by atoms with Gasteiger partial charge in [-0.2, -0.15) is 5.10 Å². The zero-order valence-electron chi connectivity index (χ0n) is 22.3. The average molecular weight is 544 g/mol. The highest BCUT2D eigenvalue weighted by molar-refractivity contribution is 5.93. The molecule has 1 saturated carbocycles. The molecule has 3 unspecified atom stereocenters. The van der Waals surface area contributed by atoms with Crippen LogP contribution in [0, 0.1) is 5.82 Å². The highest BCUT2D eigenvalue weighted by Gasteiger charge is 2.35. The molecule has 9 heteroatoms. The Morgan fingerprint density at radius 3 is 2.52 bits per heavy atom. The Morgan fingerprint density at radius 2 is 1.82 bits per heavy atom. The van der Waals surface area contributed by atoms with E-state index in [-0.39, 0.29) is 30.1 Å². The molecule has 1 saturated heterocycles. The van der Waals surface area contributed by atoms with Crippen molar-refractivity contribution in [2.24, 2.45) is 0 Å². The van der Waals surface area contributed by atoms with Crippen LogP contribution in [0.1, 0.15) is 78.0 Å². The first-order valence-corrected chi connectivity index (χ1v) is 14.0. The van der Waals surface area contributed by atoms with Gasteiger partial charge in [0.05, 0.1) is 24.4 Å². The number of benzene rings is 2. The van der Waals surface area contributed by atoms with E-state index in [1.165, 1.54) is 6.07 Å². The molecule has 2 aromatic carbocycles. The number of hydrogen-bond acceptors (Lipinski definition) is 5. The molecule has 4 aromatic rings. The van der Waals surface area contributed by atoms with Gasteiger partial charge in [-0.3, -0.25) is 4.79 Å². The number of aromatic nitrogens is 3. The molecular weight excluding hydrogens is 512 g/mol. The van der Waals surface area contributed by atoms with Gasteiger partial charge in [-0.25, -0.2) is 18.3 Å². The molecule has 3 aliphatic rings. The summed E-state index contributed by atoms with van der Waals surface area (Å²) >= 11 is 0. The molecule has 206 valence electrons. The summed E-state index contributed by atoms with van der Waals surface area (Å²) < 4.78 is 32.2. The molecule has 0 bridgehead atoms. The Kier molecular flexibility index (Phi) is 6.07. The van der Waals surface area contributed by atoms with Crippen molar-refractivity contribution < 1.29 is 18.7 Å². The highest BCUT2D eigenvalue weighted by atomic mass is 19.1. The van der Waals surface area contributed by atoms with Crippen LogP contribution in [0.25, 0.3) is 16.9 Å². The van der Waals surface area contributed by atoms with E-state index >= 15 is 8.78 Å². The molecule has 2 fully saturated rings. The summed E-state index contributed by atoms with van der Waals surface area (Å²) in [6, 6.07) is 15.6. The zero-order chi connectivity index (χ0) is 27.5. The Balaban J connectivity index is 1.25. The van der Waals surface area contributed by atoms with Crippen molar-refractivity contribution in [1.29, 1.82) is 0 Å². The molecule has 1 amide bonds. The van der Waals surface area contributed by atoms with Crippen molar-refractivity contribution in [3.8, 4) is 11.3 Å². The number of rotatable bonds is 4. The normalized spacial score (nSPS) is 22.9. The van der Waals surface area contributed by atoms with Crippen LogP contribution in [0.15, 0.2) is 54.6 Å². The molecule has 4 heterocycles. The zero-order valence-corrected chi connectivity index (χ0v) is 22.3. The van der Waals surface area contributed by atoms with Crippen LogP contribution in [0.4, 0.5) is 14.5 Å². The van der Waals surface area contributed by atoms with E-state index in [1.54, 1.807) is 33.7 Å². The number of β-amino-alcohol motifs (C(OH)–C–C–N with tert-alkyl or cyclic N) is 1. The molecule has 7 nitrogen and oxygen atoms in total. The number of carbonyl (C=O) groups excluding carboxylic acids is 1. The first kappa shape index (κ1) is 25.1. The molecule has 2 aromatic heterocycles. The van der Waals surface area contributed by atoms with Gasteiger partial charge in [-0.1, -0.05) is 30.7 Å². The van der Waals surface area contributed by atoms with E-state index in [0.29, 0.717) is 42.0 Å². The second-order valence-corrected chi connectivity index (χ2v) is 11.3. The fraction of sp³-hybridized carbons (Fsp3) is 0.387. The first-order valence-electron chi connectivity index (χ1n) is 14.0. The number of hydrogen-bond donors (Lipinski definition) is 1. The number of nitrogens with zero attached hydrogens (tertiary/aromatic N) is 5. The second-order valence-electron chi connectivity index (χ2n) is 11.3. The Morgan fingerprint density at radius 1 is 1.02 bits per heavy atom. The number of fused-ring (bicyclic) bond motifs is 2. The SMILES string of the molecule is CC1c2ccccc2C(F)CN1C(=O)c1cc(C2CCC2)n2nc(-c3ccc(N4CCC(O)C4)cc3F)cc2n1. The van der Waals surface area contributed by atoms with Gasteiger partial charge in [0, 0.05) is 42.0 Å². The van der Waals surface area contributed by atoms with E-state index in [1.807, 2.05) is 36.1 Å². The summed E-state index contributed by atoms with van der Waals surface area (Å²) in [5.41, 5.74) is 4.55. The number of halogens is 2. The van der Waals surface area contributed by atoms with Crippen molar-refractivity contribution in [3.05, 3.63) is 82.9 Å². The third kappa shape index (κ3) is 4.15. The Hall–Kier alpha value is -3.85. The maximum atomic E-state index is 15.3. The number of amides is 1. The van der Waals surface area contributed by atoms with Gasteiger partial charge in [0.2, 0.25) is 0 Å². The number of aliphatic hydroxyl groups is 1. The lowest BCUT2D eigenvalue weighted by Gasteiger charge is -2.37. The number of aliphatic hydroxyl groups excluding tert-OH is 1. The lowest BCUT2D eigenvalue weighted by Crippen LogP contribution is -2.40. The minimum atomic E-state index is -1.26. The minimum Gasteiger partial charge on any atom is -0.391 e. The van der Waals surface area contributed by atoms with Gasteiger partial charge >= 0.3 is 0 Å². The van der Waals surface area contributed by atoms with E-state index < -0.39 is 18.1 Å². The Labute approximate surface area is 231 Å². The summed E-state index contributed by atoms with van der Waals surface area (Å²) in [4.78, 5) is 22.0. The maximum Gasteiger partial charge on any atom is 0.273 e. The first-order chi connectivity index (χ1) is 19.4. The van der Waals surface area contributed by atoms with Gasteiger partial charge < -0.3 is 14.9 Å². The molecule has 1 aliphatic carbocycles. The van der Waals surface area contributed by atoms with Crippen molar-refractivity contribution in [2.45, 2.75) is 56.8 Å². The summed E-state index contributed by atoms with van der Waals surface area (Å²) in [6.45, 7) is 3.06. The molecule has 40 heavy (non-hydrogen) atoms. The molecule has 3 atom stereocenters. The van der Waals surface area contributed by atoms with Crippen LogP contribution in [-0.2, 0) is 0 Å². The van der Waals surface area contributed by atoms with Crippen LogP contribution in [0.3, 0.4) is 0 Å². The van der Waals surface area contributed by atoms with Crippen molar-refractivity contribution >= 4 is 17.2 Å².